The monoisotopic (exact) mass is 288 g/mol. The highest BCUT2D eigenvalue weighted by molar-refractivity contribution is 5.94. The van der Waals surface area contributed by atoms with E-state index in [0.29, 0.717) is 24.6 Å². The van der Waals surface area contributed by atoms with Gasteiger partial charge in [0.05, 0.1) is 0 Å². The van der Waals surface area contributed by atoms with Crippen molar-refractivity contribution in [3.63, 3.8) is 0 Å². The van der Waals surface area contributed by atoms with E-state index in [2.05, 4.69) is 31.4 Å². The first kappa shape index (κ1) is 15.5. The van der Waals surface area contributed by atoms with E-state index in [1.165, 1.54) is 5.56 Å². The Hall–Kier alpha value is -1.84. The van der Waals surface area contributed by atoms with Crippen LogP contribution in [0.1, 0.15) is 56.0 Å². The van der Waals surface area contributed by atoms with Gasteiger partial charge in [-0.05, 0) is 36.0 Å². The van der Waals surface area contributed by atoms with Crippen molar-refractivity contribution in [3.05, 3.63) is 35.4 Å². The number of benzene rings is 1. The molecular formula is C17H24N2O2. The average molecular weight is 288 g/mol. The van der Waals surface area contributed by atoms with Gasteiger partial charge >= 0.3 is 0 Å². The Morgan fingerprint density at radius 1 is 1.14 bits per heavy atom. The number of hydrogen-bond donors (Lipinski definition) is 2. The highest BCUT2D eigenvalue weighted by Crippen LogP contribution is 2.22. The number of carbonyl (C=O) groups is 2. The van der Waals surface area contributed by atoms with Gasteiger partial charge in [0, 0.05) is 24.6 Å². The zero-order chi connectivity index (χ0) is 15.5. The van der Waals surface area contributed by atoms with Crippen LogP contribution in [0.5, 0.6) is 0 Å². The minimum Gasteiger partial charge on any atom is -0.353 e. The van der Waals surface area contributed by atoms with Gasteiger partial charge in [-0.1, -0.05) is 32.9 Å². The molecule has 2 N–H and O–H groups in total. The molecule has 1 fully saturated rings. The quantitative estimate of drug-likeness (QED) is 0.874. The minimum atomic E-state index is -0.130. The molecule has 0 aliphatic heterocycles. The molecule has 1 aliphatic carbocycles. The number of carbonyl (C=O) groups excluding carboxylic acids is 2. The van der Waals surface area contributed by atoms with Gasteiger partial charge in [0.1, 0.15) is 0 Å². The fourth-order valence-corrected chi connectivity index (χ4v) is 2.04. The summed E-state index contributed by atoms with van der Waals surface area (Å²) in [4.78, 5) is 23.5. The van der Waals surface area contributed by atoms with Gasteiger partial charge in [0.25, 0.3) is 5.91 Å². The second-order valence-electron chi connectivity index (χ2n) is 6.68. The van der Waals surface area contributed by atoms with E-state index < -0.39 is 0 Å². The molecule has 0 radical (unpaired) electrons. The van der Waals surface area contributed by atoms with Gasteiger partial charge in [0.2, 0.25) is 5.91 Å². The summed E-state index contributed by atoms with van der Waals surface area (Å²) >= 11 is 0. The summed E-state index contributed by atoms with van der Waals surface area (Å²) < 4.78 is 0. The van der Waals surface area contributed by atoms with Crippen LogP contribution in [-0.4, -0.2) is 24.4 Å². The lowest BCUT2D eigenvalue weighted by atomic mass is 9.87. The lowest BCUT2D eigenvalue weighted by molar-refractivity contribution is -0.121. The number of hydrogen-bond acceptors (Lipinski definition) is 2. The Labute approximate surface area is 126 Å². The van der Waals surface area contributed by atoms with Gasteiger partial charge in [-0.25, -0.2) is 0 Å². The van der Waals surface area contributed by atoms with E-state index in [-0.39, 0.29) is 17.2 Å². The maximum Gasteiger partial charge on any atom is 0.251 e. The summed E-state index contributed by atoms with van der Waals surface area (Å²) in [6, 6.07) is 8.00. The molecule has 0 atom stereocenters. The van der Waals surface area contributed by atoms with Crippen molar-refractivity contribution >= 4 is 11.8 Å². The summed E-state index contributed by atoms with van der Waals surface area (Å²) in [6.45, 7) is 6.79. The Morgan fingerprint density at radius 2 is 1.76 bits per heavy atom. The van der Waals surface area contributed by atoms with Crippen molar-refractivity contribution in [2.24, 2.45) is 0 Å². The van der Waals surface area contributed by atoms with E-state index in [9.17, 15) is 9.59 Å². The van der Waals surface area contributed by atoms with E-state index in [1.54, 1.807) is 0 Å². The Bertz CT molecular complexity index is 511. The van der Waals surface area contributed by atoms with Crippen molar-refractivity contribution in [1.29, 1.82) is 0 Å². The molecule has 0 bridgehead atoms. The fraction of sp³-hybridized carbons (Fsp3) is 0.529. The second-order valence-corrected chi connectivity index (χ2v) is 6.68. The summed E-state index contributed by atoms with van der Waals surface area (Å²) in [6.07, 6.45) is 2.50. The third kappa shape index (κ3) is 4.88. The predicted molar refractivity (Wildman–Crippen MR) is 83.3 cm³/mol. The highest BCUT2D eigenvalue weighted by atomic mass is 16.2. The predicted octanol–water partition coefficient (Wildman–Crippen LogP) is 2.38. The van der Waals surface area contributed by atoms with Crippen LogP contribution in [0.2, 0.25) is 0 Å². The van der Waals surface area contributed by atoms with E-state index >= 15 is 0 Å². The van der Waals surface area contributed by atoms with Crippen LogP contribution < -0.4 is 10.6 Å². The number of amides is 2. The average Bonchev–Trinajstić information content (AvgIpc) is 3.21. The van der Waals surface area contributed by atoms with Crippen LogP contribution in [0.15, 0.2) is 24.3 Å². The normalized spacial score (nSPS) is 14.6. The van der Waals surface area contributed by atoms with Crippen molar-refractivity contribution < 1.29 is 9.59 Å². The van der Waals surface area contributed by atoms with Crippen LogP contribution in [0.25, 0.3) is 0 Å². The van der Waals surface area contributed by atoms with Gasteiger partial charge in [-0.15, -0.1) is 0 Å². The molecule has 0 unspecified atom stereocenters. The largest absolute Gasteiger partial charge is 0.353 e. The topological polar surface area (TPSA) is 58.2 Å². The molecule has 4 nitrogen and oxygen atoms in total. The molecule has 0 heterocycles. The molecule has 0 saturated heterocycles. The molecule has 21 heavy (non-hydrogen) atoms. The first-order valence-electron chi connectivity index (χ1n) is 7.54. The van der Waals surface area contributed by atoms with Gasteiger partial charge < -0.3 is 10.6 Å². The smallest absolute Gasteiger partial charge is 0.251 e. The maximum absolute atomic E-state index is 12.0. The SMILES string of the molecule is CC(C)(C)c1ccc(C(=O)NCCC(=O)NC2CC2)cc1. The van der Waals surface area contributed by atoms with Gasteiger partial charge in [0.15, 0.2) is 0 Å². The van der Waals surface area contributed by atoms with Gasteiger partial charge in [-0.2, -0.15) is 0 Å². The summed E-state index contributed by atoms with van der Waals surface area (Å²) in [5, 5.41) is 5.68. The zero-order valence-electron chi connectivity index (χ0n) is 13.0. The van der Waals surface area contributed by atoms with E-state index in [1.807, 2.05) is 24.3 Å². The van der Waals surface area contributed by atoms with E-state index in [0.717, 1.165) is 12.8 Å². The first-order chi connectivity index (χ1) is 9.86. The molecule has 0 aromatic heterocycles. The fourth-order valence-electron chi connectivity index (χ4n) is 2.04. The molecule has 1 aromatic carbocycles. The van der Waals surface area contributed by atoms with Crippen molar-refractivity contribution in [3.8, 4) is 0 Å². The first-order valence-corrected chi connectivity index (χ1v) is 7.54. The molecule has 1 aromatic rings. The van der Waals surface area contributed by atoms with Gasteiger partial charge in [-0.3, -0.25) is 9.59 Å². The Balaban J connectivity index is 1.78. The summed E-state index contributed by atoms with van der Waals surface area (Å²) in [5.41, 5.74) is 1.91. The standard InChI is InChI=1S/C17H24N2O2/c1-17(2,3)13-6-4-12(5-7-13)16(21)18-11-10-15(20)19-14-8-9-14/h4-7,14H,8-11H2,1-3H3,(H,18,21)(H,19,20). The third-order valence-corrected chi connectivity index (χ3v) is 3.59. The maximum atomic E-state index is 12.0. The molecule has 2 amide bonds. The van der Waals surface area contributed by atoms with Crippen LogP contribution in [-0.2, 0) is 10.2 Å². The Kier molecular flexibility index (Phi) is 4.66. The van der Waals surface area contributed by atoms with Crippen molar-refractivity contribution in [2.75, 3.05) is 6.54 Å². The molecule has 2 rings (SSSR count). The molecule has 114 valence electrons. The van der Waals surface area contributed by atoms with Crippen LogP contribution >= 0.6 is 0 Å². The van der Waals surface area contributed by atoms with Crippen LogP contribution in [0, 0.1) is 0 Å². The molecule has 4 heteroatoms. The lowest BCUT2D eigenvalue weighted by Crippen LogP contribution is -2.31. The van der Waals surface area contributed by atoms with Crippen molar-refractivity contribution in [1.82, 2.24) is 10.6 Å². The van der Waals surface area contributed by atoms with Crippen molar-refractivity contribution in [2.45, 2.75) is 51.5 Å². The van der Waals surface area contributed by atoms with Crippen LogP contribution in [0.4, 0.5) is 0 Å². The minimum absolute atomic E-state index is 0.0147. The number of rotatable bonds is 5. The summed E-state index contributed by atoms with van der Waals surface area (Å²) in [5.74, 6) is -0.115. The van der Waals surface area contributed by atoms with E-state index in [4.69, 9.17) is 0 Å². The highest BCUT2D eigenvalue weighted by Gasteiger charge is 2.22. The number of nitrogens with one attached hydrogen (secondary N) is 2. The third-order valence-electron chi connectivity index (χ3n) is 3.59. The zero-order valence-corrected chi connectivity index (χ0v) is 13.0. The molecular weight excluding hydrogens is 264 g/mol. The summed E-state index contributed by atoms with van der Waals surface area (Å²) in [7, 11) is 0. The molecule has 1 aliphatic rings. The van der Waals surface area contributed by atoms with Crippen LogP contribution in [0.3, 0.4) is 0 Å². The molecule has 1 saturated carbocycles. The second kappa shape index (κ2) is 6.29. The molecule has 0 spiro atoms. The lowest BCUT2D eigenvalue weighted by Gasteiger charge is -2.19. The Morgan fingerprint density at radius 3 is 2.29 bits per heavy atom.